The fourth-order valence-electron chi connectivity index (χ4n) is 5.78. The maximum atomic E-state index is 14.5. The molecule has 0 heterocycles. The predicted molar refractivity (Wildman–Crippen MR) is 173 cm³/mol. The Balaban J connectivity index is 1.55. The number of sulfonamides is 1. The second-order valence-corrected chi connectivity index (χ2v) is 13.2. The summed E-state index contributed by atoms with van der Waals surface area (Å²) in [5, 5.41) is 3.21. The van der Waals surface area contributed by atoms with Crippen molar-refractivity contribution in [2.24, 2.45) is 0 Å². The second-order valence-electron chi connectivity index (χ2n) is 11.3. The minimum absolute atomic E-state index is 0.0661. The van der Waals surface area contributed by atoms with Crippen LogP contribution in [0, 0.1) is 6.92 Å². The second kappa shape index (κ2) is 14.4. The summed E-state index contributed by atoms with van der Waals surface area (Å²) in [6, 6.07) is 33.6. The highest BCUT2D eigenvalue weighted by atomic mass is 32.2. The molecule has 1 saturated carbocycles. The van der Waals surface area contributed by atoms with Gasteiger partial charge in [0.05, 0.1) is 10.6 Å². The molecule has 4 aromatic rings. The summed E-state index contributed by atoms with van der Waals surface area (Å²) in [5.74, 6) is -0.683. The number of amides is 2. The Labute approximate surface area is 260 Å². The standard InChI is InChI=1S/C36H39N3O4S/c1-28-15-11-14-24-33(28)39(44(42,43)32-22-9-4-10-23-32)27-35(40)38(26-30-18-7-3-8-19-30)34(25-29-16-5-2-6-17-29)36(41)37-31-20-12-13-21-31/h2-11,14-19,22-24,31,34H,12-13,20-21,25-27H2,1H3,(H,37,41). The molecule has 1 atom stereocenters. The van der Waals surface area contributed by atoms with Crippen LogP contribution in [-0.2, 0) is 32.6 Å². The topological polar surface area (TPSA) is 86.8 Å². The average Bonchev–Trinajstić information content (AvgIpc) is 3.56. The molecule has 1 fully saturated rings. The Morgan fingerprint density at radius 2 is 1.32 bits per heavy atom. The Hall–Kier alpha value is -4.43. The van der Waals surface area contributed by atoms with Gasteiger partial charge >= 0.3 is 0 Å². The zero-order valence-corrected chi connectivity index (χ0v) is 25.8. The van der Waals surface area contributed by atoms with Crippen LogP contribution >= 0.6 is 0 Å². The molecule has 1 aliphatic carbocycles. The summed E-state index contributed by atoms with van der Waals surface area (Å²) >= 11 is 0. The zero-order chi connectivity index (χ0) is 30.9. The van der Waals surface area contributed by atoms with Crippen LogP contribution in [0.4, 0.5) is 5.69 Å². The lowest BCUT2D eigenvalue weighted by molar-refractivity contribution is -0.140. The summed E-state index contributed by atoms with van der Waals surface area (Å²) < 4.78 is 29.4. The van der Waals surface area contributed by atoms with Gasteiger partial charge in [0.2, 0.25) is 11.8 Å². The van der Waals surface area contributed by atoms with Crippen molar-refractivity contribution in [2.75, 3.05) is 10.8 Å². The molecule has 44 heavy (non-hydrogen) atoms. The van der Waals surface area contributed by atoms with Gasteiger partial charge in [0.15, 0.2) is 0 Å². The number of nitrogens with one attached hydrogen (secondary N) is 1. The third-order valence-corrected chi connectivity index (χ3v) is 9.94. The molecule has 2 amide bonds. The van der Waals surface area contributed by atoms with Gasteiger partial charge < -0.3 is 10.2 Å². The van der Waals surface area contributed by atoms with Gasteiger partial charge in [0, 0.05) is 19.0 Å². The molecule has 1 aliphatic rings. The van der Waals surface area contributed by atoms with Crippen molar-refractivity contribution >= 4 is 27.5 Å². The smallest absolute Gasteiger partial charge is 0.264 e. The zero-order valence-electron chi connectivity index (χ0n) is 25.0. The van der Waals surface area contributed by atoms with Gasteiger partial charge in [-0.2, -0.15) is 0 Å². The van der Waals surface area contributed by atoms with Crippen molar-refractivity contribution in [3.63, 3.8) is 0 Å². The number of aryl methyl sites for hydroxylation is 1. The van der Waals surface area contributed by atoms with E-state index < -0.39 is 28.5 Å². The molecule has 4 aromatic carbocycles. The highest BCUT2D eigenvalue weighted by Gasteiger charge is 2.35. The number of benzene rings is 4. The Morgan fingerprint density at radius 1 is 0.773 bits per heavy atom. The van der Waals surface area contributed by atoms with Crippen molar-refractivity contribution in [3.05, 3.63) is 132 Å². The maximum absolute atomic E-state index is 14.5. The third kappa shape index (κ3) is 7.55. The third-order valence-electron chi connectivity index (χ3n) is 8.16. The molecular weight excluding hydrogens is 570 g/mol. The van der Waals surface area contributed by atoms with Crippen LogP contribution in [0.15, 0.2) is 120 Å². The summed E-state index contributed by atoms with van der Waals surface area (Å²) in [4.78, 5) is 30.2. The number of carbonyl (C=O) groups excluding carboxylic acids is 2. The molecular formula is C36H39N3O4S. The van der Waals surface area contributed by atoms with Crippen LogP contribution in [0.5, 0.6) is 0 Å². The molecule has 0 bridgehead atoms. The van der Waals surface area contributed by atoms with Crippen molar-refractivity contribution in [1.82, 2.24) is 10.2 Å². The van der Waals surface area contributed by atoms with E-state index in [0.717, 1.165) is 36.8 Å². The minimum atomic E-state index is -4.12. The van der Waals surface area contributed by atoms with Gasteiger partial charge in [0.1, 0.15) is 12.6 Å². The van der Waals surface area contributed by atoms with Crippen LogP contribution in [-0.4, -0.2) is 43.8 Å². The number of hydrogen-bond acceptors (Lipinski definition) is 4. The Bertz CT molecular complexity index is 1640. The van der Waals surface area contributed by atoms with Crippen molar-refractivity contribution < 1.29 is 18.0 Å². The average molecular weight is 610 g/mol. The van der Waals surface area contributed by atoms with Gasteiger partial charge in [-0.15, -0.1) is 0 Å². The van der Waals surface area contributed by atoms with E-state index >= 15 is 0 Å². The van der Waals surface area contributed by atoms with E-state index in [9.17, 15) is 18.0 Å². The molecule has 0 saturated heterocycles. The fraction of sp³-hybridized carbons (Fsp3) is 0.278. The van der Waals surface area contributed by atoms with Crippen molar-refractivity contribution in [2.45, 2.75) is 62.6 Å². The van der Waals surface area contributed by atoms with Crippen molar-refractivity contribution in [3.8, 4) is 0 Å². The molecule has 7 nitrogen and oxygen atoms in total. The van der Waals surface area contributed by atoms with E-state index in [1.54, 1.807) is 35.2 Å². The lowest BCUT2D eigenvalue weighted by Crippen LogP contribution is -2.54. The molecule has 1 N–H and O–H groups in total. The van der Waals surface area contributed by atoms with Crippen molar-refractivity contribution in [1.29, 1.82) is 0 Å². The molecule has 228 valence electrons. The number of hydrogen-bond donors (Lipinski definition) is 1. The van der Waals surface area contributed by atoms with E-state index in [0.29, 0.717) is 17.7 Å². The van der Waals surface area contributed by atoms with E-state index in [-0.39, 0.29) is 23.4 Å². The monoisotopic (exact) mass is 609 g/mol. The van der Waals surface area contributed by atoms with Crippen LogP contribution in [0.3, 0.4) is 0 Å². The Kier molecular flexibility index (Phi) is 10.1. The van der Waals surface area contributed by atoms with E-state index in [2.05, 4.69) is 5.32 Å². The SMILES string of the molecule is Cc1ccccc1N(CC(=O)N(Cc1ccccc1)C(Cc1ccccc1)C(=O)NC1CCCC1)S(=O)(=O)c1ccccc1. The normalized spacial score (nSPS) is 14.1. The van der Waals surface area contributed by atoms with Crippen LogP contribution in [0.2, 0.25) is 0 Å². The van der Waals surface area contributed by atoms with Crippen LogP contribution in [0.1, 0.15) is 42.4 Å². The van der Waals surface area contributed by atoms with Gasteiger partial charge in [-0.05, 0) is 54.7 Å². The van der Waals surface area contributed by atoms with Gasteiger partial charge in [-0.25, -0.2) is 8.42 Å². The highest BCUT2D eigenvalue weighted by Crippen LogP contribution is 2.28. The first-order valence-corrected chi connectivity index (χ1v) is 16.6. The first kappa shape index (κ1) is 31.0. The predicted octanol–water partition coefficient (Wildman–Crippen LogP) is 5.89. The number of para-hydroxylation sites is 1. The largest absolute Gasteiger partial charge is 0.352 e. The summed E-state index contributed by atoms with van der Waals surface area (Å²) in [5.41, 5.74) is 2.90. The number of rotatable bonds is 12. The quantitative estimate of drug-likeness (QED) is 0.217. The van der Waals surface area contributed by atoms with E-state index in [1.165, 1.54) is 16.4 Å². The van der Waals surface area contributed by atoms with Crippen LogP contribution < -0.4 is 9.62 Å². The summed E-state index contributed by atoms with van der Waals surface area (Å²) in [6.07, 6.45) is 4.24. The van der Waals surface area contributed by atoms with Gasteiger partial charge in [0.25, 0.3) is 10.0 Å². The molecule has 0 aromatic heterocycles. The summed E-state index contributed by atoms with van der Waals surface area (Å²) in [7, 11) is -4.12. The lowest BCUT2D eigenvalue weighted by Gasteiger charge is -2.34. The van der Waals surface area contributed by atoms with Gasteiger partial charge in [-0.1, -0.05) is 110 Å². The first-order valence-electron chi connectivity index (χ1n) is 15.1. The number of anilines is 1. The first-order chi connectivity index (χ1) is 21.3. The lowest BCUT2D eigenvalue weighted by atomic mass is 10.0. The molecule has 1 unspecified atom stereocenters. The Morgan fingerprint density at radius 3 is 1.93 bits per heavy atom. The number of nitrogens with zero attached hydrogens (tertiary/aromatic N) is 2. The highest BCUT2D eigenvalue weighted by molar-refractivity contribution is 7.92. The summed E-state index contributed by atoms with van der Waals surface area (Å²) in [6.45, 7) is 1.52. The minimum Gasteiger partial charge on any atom is -0.352 e. The fourth-order valence-corrected chi connectivity index (χ4v) is 7.28. The van der Waals surface area contributed by atoms with E-state index in [1.807, 2.05) is 79.7 Å². The molecule has 0 spiro atoms. The van der Waals surface area contributed by atoms with E-state index in [4.69, 9.17) is 0 Å². The molecule has 5 rings (SSSR count). The molecule has 8 heteroatoms. The molecule has 0 aliphatic heterocycles. The van der Waals surface area contributed by atoms with Crippen LogP contribution in [0.25, 0.3) is 0 Å². The van der Waals surface area contributed by atoms with Gasteiger partial charge in [-0.3, -0.25) is 13.9 Å². The molecule has 0 radical (unpaired) electrons. The number of carbonyl (C=O) groups is 2. The maximum Gasteiger partial charge on any atom is 0.264 e.